The Morgan fingerprint density at radius 3 is 2.57 bits per heavy atom. The van der Waals surface area contributed by atoms with Gasteiger partial charge in [-0.1, -0.05) is 6.42 Å². The van der Waals surface area contributed by atoms with Crippen molar-refractivity contribution in [2.75, 3.05) is 13.2 Å². The van der Waals surface area contributed by atoms with Crippen molar-refractivity contribution in [2.24, 2.45) is 0 Å². The molecule has 1 aromatic rings. The van der Waals surface area contributed by atoms with Crippen LogP contribution in [-0.2, 0) is 10.0 Å². The minimum atomic E-state index is -3.69. The molecule has 0 aliphatic heterocycles. The van der Waals surface area contributed by atoms with Gasteiger partial charge in [-0.25, -0.2) is 13.2 Å². The van der Waals surface area contributed by atoms with Crippen molar-refractivity contribution >= 4 is 27.3 Å². The van der Waals surface area contributed by atoms with Crippen LogP contribution in [0.25, 0.3) is 0 Å². The second-order valence-corrected chi connectivity index (χ2v) is 8.33. The smallest absolute Gasteiger partial charge is 0.346 e. The van der Waals surface area contributed by atoms with Crippen LogP contribution in [0.5, 0.6) is 0 Å². The van der Waals surface area contributed by atoms with E-state index in [4.69, 9.17) is 10.2 Å². The highest BCUT2D eigenvalue weighted by Crippen LogP contribution is 2.34. The molecule has 2 rings (SSSR count). The Morgan fingerprint density at radius 1 is 1.48 bits per heavy atom. The summed E-state index contributed by atoms with van der Waals surface area (Å²) >= 11 is 0.797. The number of carbonyl (C=O) groups is 1. The summed E-state index contributed by atoms with van der Waals surface area (Å²) in [5.74, 6) is -1.11. The SMILES string of the molecule is Cc1cc(S(=O)(=O)N(CCCO)C2CCC2)sc1C(=O)O. The van der Waals surface area contributed by atoms with E-state index in [1.54, 1.807) is 6.92 Å². The number of thiophene rings is 1. The molecule has 2 N–H and O–H groups in total. The summed E-state index contributed by atoms with van der Waals surface area (Å²) in [4.78, 5) is 11.1. The Kier molecular flexibility index (Phi) is 5.03. The summed E-state index contributed by atoms with van der Waals surface area (Å²) < 4.78 is 26.9. The van der Waals surface area contributed by atoms with E-state index in [1.807, 2.05) is 0 Å². The van der Waals surface area contributed by atoms with E-state index in [0.29, 0.717) is 12.0 Å². The lowest BCUT2D eigenvalue weighted by atomic mass is 9.93. The Morgan fingerprint density at radius 2 is 2.14 bits per heavy atom. The highest BCUT2D eigenvalue weighted by molar-refractivity contribution is 7.91. The van der Waals surface area contributed by atoms with Crippen LogP contribution in [0.1, 0.15) is 40.9 Å². The van der Waals surface area contributed by atoms with Gasteiger partial charge < -0.3 is 10.2 Å². The molecular formula is C13H19NO5S2. The molecule has 0 atom stereocenters. The number of carboxylic acids is 1. The summed E-state index contributed by atoms with van der Waals surface area (Å²) in [5, 5.41) is 18.0. The molecule has 1 aliphatic rings. The van der Waals surface area contributed by atoms with E-state index >= 15 is 0 Å². The molecule has 0 spiro atoms. The highest BCUT2D eigenvalue weighted by atomic mass is 32.2. The number of hydrogen-bond acceptors (Lipinski definition) is 5. The zero-order valence-electron chi connectivity index (χ0n) is 11.8. The molecule has 8 heteroatoms. The van der Waals surface area contributed by atoms with Gasteiger partial charge in [0.15, 0.2) is 0 Å². The molecule has 0 amide bonds. The molecule has 1 fully saturated rings. The second-order valence-electron chi connectivity index (χ2n) is 5.16. The van der Waals surface area contributed by atoms with Crippen LogP contribution in [0.4, 0.5) is 0 Å². The average Bonchev–Trinajstić information content (AvgIpc) is 2.74. The van der Waals surface area contributed by atoms with Crippen LogP contribution >= 0.6 is 11.3 Å². The number of aliphatic hydroxyl groups excluding tert-OH is 1. The number of rotatable bonds is 7. The van der Waals surface area contributed by atoms with Crippen LogP contribution in [0.15, 0.2) is 10.3 Å². The number of aromatic carboxylic acids is 1. The number of hydrogen-bond donors (Lipinski definition) is 2. The highest BCUT2D eigenvalue weighted by Gasteiger charge is 2.36. The normalized spacial score (nSPS) is 16.1. The molecule has 0 bridgehead atoms. The van der Waals surface area contributed by atoms with E-state index < -0.39 is 16.0 Å². The van der Waals surface area contributed by atoms with Gasteiger partial charge in [0.25, 0.3) is 10.0 Å². The van der Waals surface area contributed by atoms with Gasteiger partial charge in [0, 0.05) is 19.2 Å². The summed E-state index contributed by atoms with van der Waals surface area (Å²) in [6.45, 7) is 1.80. The maximum absolute atomic E-state index is 12.7. The molecule has 0 radical (unpaired) electrons. The van der Waals surface area contributed by atoms with E-state index in [0.717, 1.165) is 30.6 Å². The minimum absolute atomic E-state index is 0.0303. The van der Waals surface area contributed by atoms with Crippen LogP contribution in [0.3, 0.4) is 0 Å². The molecule has 1 heterocycles. The standard InChI is InChI=1S/C13H19NO5S2/c1-9-8-11(20-12(9)13(16)17)21(18,19)14(6-3-7-15)10-4-2-5-10/h8,10,15H,2-7H2,1H3,(H,16,17). The molecule has 1 aliphatic carbocycles. The second kappa shape index (κ2) is 6.43. The largest absolute Gasteiger partial charge is 0.477 e. The van der Waals surface area contributed by atoms with Crippen LogP contribution in [0, 0.1) is 6.92 Å². The summed E-state index contributed by atoms with van der Waals surface area (Å²) in [6.07, 6.45) is 3.02. The van der Waals surface area contributed by atoms with Crippen molar-refractivity contribution < 1.29 is 23.4 Å². The molecule has 0 unspecified atom stereocenters. The predicted octanol–water partition coefficient (Wildman–Crippen LogP) is 1.68. The van der Waals surface area contributed by atoms with E-state index in [1.165, 1.54) is 10.4 Å². The summed E-state index contributed by atoms with van der Waals surface area (Å²) in [7, 11) is -3.69. The fourth-order valence-corrected chi connectivity index (χ4v) is 5.54. The predicted molar refractivity (Wildman–Crippen MR) is 79.2 cm³/mol. The van der Waals surface area contributed by atoms with E-state index in [2.05, 4.69) is 0 Å². The number of aryl methyl sites for hydroxylation is 1. The Bertz CT molecular complexity index is 619. The van der Waals surface area contributed by atoms with E-state index in [-0.39, 0.29) is 28.3 Å². The lowest BCUT2D eigenvalue weighted by molar-refractivity contribution is 0.0701. The molecule has 0 saturated heterocycles. The molecule has 21 heavy (non-hydrogen) atoms. The molecule has 1 aromatic heterocycles. The van der Waals surface area contributed by atoms with Gasteiger partial charge in [0.1, 0.15) is 9.09 Å². The van der Waals surface area contributed by atoms with Crippen LogP contribution in [-0.4, -0.2) is 48.1 Å². The average molecular weight is 333 g/mol. The lowest BCUT2D eigenvalue weighted by Gasteiger charge is -2.36. The van der Waals surface area contributed by atoms with Gasteiger partial charge in [0.2, 0.25) is 0 Å². The van der Waals surface area contributed by atoms with Gasteiger partial charge >= 0.3 is 5.97 Å². The third-order valence-corrected chi connectivity index (χ3v) is 7.30. The molecule has 118 valence electrons. The fourth-order valence-electron chi connectivity index (χ4n) is 2.31. The van der Waals surface area contributed by atoms with Gasteiger partial charge in [-0.2, -0.15) is 4.31 Å². The van der Waals surface area contributed by atoms with Gasteiger partial charge in [-0.3, -0.25) is 0 Å². The molecule has 6 nitrogen and oxygen atoms in total. The maximum Gasteiger partial charge on any atom is 0.346 e. The van der Waals surface area contributed by atoms with Crippen molar-refractivity contribution in [3.8, 4) is 0 Å². The minimum Gasteiger partial charge on any atom is -0.477 e. The third-order valence-electron chi connectivity index (χ3n) is 3.67. The Balaban J connectivity index is 2.33. The van der Waals surface area contributed by atoms with Crippen molar-refractivity contribution in [1.82, 2.24) is 4.31 Å². The number of sulfonamides is 1. The summed E-state index contributed by atoms with van der Waals surface area (Å²) in [6, 6.07) is 1.39. The van der Waals surface area contributed by atoms with E-state index in [9.17, 15) is 13.2 Å². The number of aliphatic hydroxyl groups is 1. The zero-order chi connectivity index (χ0) is 15.6. The lowest BCUT2D eigenvalue weighted by Crippen LogP contribution is -2.44. The first-order chi connectivity index (χ1) is 9.87. The molecule has 0 aromatic carbocycles. The maximum atomic E-state index is 12.7. The van der Waals surface area contributed by atoms with Gasteiger partial charge in [-0.05, 0) is 37.8 Å². The zero-order valence-corrected chi connectivity index (χ0v) is 13.4. The fraction of sp³-hybridized carbons (Fsp3) is 0.615. The Labute approximate surface area is 128 Å². The van der Waals surface area contributed by atoms with Gasteiger partial charge in [0.05, 0.1) is 0 Å². The van der Waals surface area contributed by atoms with Crippen LogP contribution in [0.2, 0.25) is 0 Å². The first-order valence-corrected chi connectivity index (χ1v) is 9.10. The first kappa shape index (κ1) is 16.4. The quantitative estimate of drug-likeness (QED) is 0.791. The number of nitrogens with zero attached hydrogens (tertiary/aromatic N) is 1. The van der Waals surface area contributed by atoms with Crippen molar-refractivity contribution in [3.05, 3.63) is 16.5 Å². The topological polar surface area (TPSA) is 94.9 Å². The third kappa shape index (κ3) is 3.28. The van der Waals surface area contributed by atoms with Crippen molar-refractivity contribution in [2.45, 2.75) is 42.9 Å². The Hall–Kier alpha value is -0.960. The van der Waals surface area contributed by atoms with Crippen LogP contribution < -0.4 is 0 Å². The van der Waals surface area contributed by atoms with Crippen molar-refractivity contribution in [3.63, 3.8) is 0 Å². The monoisotopic (exact) mass is 333 g/mol. The van der Waals surface area contributed by atoms with Crippen molar-refractivity contribution in [1.29, 1.82) is 0 Å². The molecule has 1 saturated carbocycles. The number of carboxylic acid groups (broad SMARTS) is 1. The first-order valence-electron chi connectivity index (χ1n) is 6.84. The summed E-state index contributed by atoms with van der Waals surface area (Å²) in [5.41, 5.74) is 0.460. The molecular weight excluding hydrogens is 314 g/mol. The van der Waals surface area contributed by atoms with Gasteiger partial charge in [-0.15, -0.1) is 11.3 Å².